The Bertz CT molecular complexity index is 551. The van der Waals surface area contributed by atoms with E-state index in [2.05, 4.69) is 5.32 Å². The minimum atomic E-state index is -0.713. The highest BCUT2D eigenvalue weighted by Gasteiger charge is 2.20. The van der Waals surface area contributed by atoms with Crippen molar-refractivity contribution in [1.29, 1.82) is 0 Å². The lowest BCUT2D eigenvalue weighted by molar-refractivity contribution is -0.132. The molecular formula is C16H22ClN3O2. The number of nitrogens with one attached hydrogen (secondary N) is 1. The van der Waals surface area contributed by atoms with Crippen molar-refractivity contribution in [1.82, 2.24) is 10.2 Å². The number of allylic oxidation sites excluding steroid dienone is 1. The smallest absolute Gasteiger partial charge is 0.312 e. The lowest BCUT2D eigenvalue weighted by Crippen LogP contribution is -2.48. The number of nitrogens with zero attached hydrogens (tertiary/aromatic N) is 1. The van der Waals surface area contributed by atoms with Gasteiger partial charge in [-0.3, -0.25) is 4.79 Å². The number of amides is 3. The summed E-state index contributed by atoms with van der Waals surface area (Å²) in [5, 5.41) is 3.06. The molecule has 0 aliphatic heterocycles. The molecular weight excluding hydrogens is 302 g/mol. The summed E-state index contributed by atoms with van der Waals surface area (Å²) in [6, 6.07) is 5.93. The maximum absolute atomic E-state index is 12.5. The van der Waals surface area contributed by atoms with Crippen molar-refractivity contribution in [3.8, 4) is 0 Å². The molecule has 0 heterocycles. The Morgan fingerprint density at radius 3 is 2.41 bits per heavy atom. The molecule has 5 nitrogen and oxygen atoms in total. The van der Waals surface area contributed by atoms with Gasteiger partial charge in [-0.25, -0.2) is 4.79 Å². The maximum atomic E-state index is 12.5. The zero-order chi connectivity index (χ0) is 16.7. The topological polar surface area (TPSA) is 75.4 Å². The van der Waals surface area contributed by atoms with Crippen molar-refractivity contribution in [2.45, 2.75) is 33.4 Å². The molecule has 0 unspecified atom stereocenters. The first-order valence-corrected chi connectivity index (χ1v) is 7.40. The lowest BCUT2D eigenvalue weighted by atomic mass is 10.2. The normalized spacial score (nSPS) is 11.5. The van der Waals surface area contributed by atoms with E-state index in [0.29, 0.717) is 18.1 Å². The van der Waals surface area contributed by atoms with Crippen LogP contribution in [0.5, 0.6) is 0 Å². The van der Waals surface area contributed by atoms with Crippen molar-refractivity contribution in [3.63, 3.8) is 0 Å². The van der Waals surface area contributed by atoms with Crippen LogP contribution in [0.15, 0.2) is 35.9 Å². The third kappa shape index (κ3) is 6.18. The Labute approximate surface area is 136 Å². The molecule has 0 aliphatic rings. The first kappa shape index (κ1) is 18.0. The third-order valence-corrected chi connectivity index (χ3v) is 3.30. The largest absolute Gasteiger partial charge is 0.352 e. The van der Waals surface area contributed by atoms with E-state index < -0.39 is 12.1 Å². The van der Waals surface area contributed by atoms with Gasteiger partial charge in [0, 0.05) is 18.1 Å². The van der Waals surface area contributed by atoms with Gasteiger partial charge in [0.1, 0.15) is 6.04 Å². The second kappa shape index (κ2) is 8.44. The number of primary amides is 1. The molecule has 1 aromatic rings. The number of hydrogen-bond donors (Lipinski definition) is 2. The summed E-state index contributed by atoms with van der Waals surface area (Å²) in [4.78, 5) is 25.0. The van der Waals surface area contributed by atoms with Gasteiger partial charge in [-0.2, -0.15) is 0 Å². The number of nitrogens with two attached hydrogens (primary N) is 1. The molecule has 6 heteroatoms. The van der Waals surface area contributed by atoms with Gasteiger partial charge >= 0.3 is 6.03 Å². The summed E-state index contributed by atoms with van der Waals surface area (Å²) < 4.78 is 0. The average Bonchev–Trinajstić information content (AvgIpc) is 2.43. The standard InChI is InChI=1S/C16H22ClN3O2/c1-11(2)8-9-20(15(21)12(3)19-16(18)22)10-13-4-6-14(17)7-5-13/h4-8,12H,9-10H2,1-3H3,(H3,18,19,22)/t12-/m0/s1. The zero-order valence-corrected chi connectivity index (χ0v) is 13.9. The van der Waals surface area contributed by atoms with E-state index in [-0.39, 0.29) is 5.91 Å². The Morgan fingerprint density at radius 1 is 1.32 bits per heavy atom. The summed E-state index contributed by atoms with van der Waals surface area (Å²) in [6.45, 7) is 6.45. The predicted molar refractivity (Wildman–Crippen MR) is 88.5 cm³/mol. The van der Waals surface area contributed by atoms with Gasteiger partial charge in [-0.1, -0.05) is 35.4 Å². The molecule has 0 spiro atoms. The van der Waals surface area contributed by atoms with Gasteiger partial charge in [0.2, 0.25) is 5.91 Å². The molecule has 3 amide bonds. The van der Waals surface area contributed by atoms with E-state index in [9.17, 15) is 9.59 Å². The molecule has 1 rings (SSSR count). The maximum Gasteiger partial charge on any atom is 0.312 e. The Kier molecular flexibility index (Phi) is 6.92. The van der Waals surface area contributed by atoms with Crippen LogP contribution in [0.2, 0.25) is 5.02 Å². The highest BCUT2D eigenvalue weighted by Crippen LogP contribution is 2.12. The van der Waals surface area contributed by atoms with E-state index in [1.807, 2.05) is 32.1 Å². The Hall–Kier alpha value is -2.01. The molecule has 0 aromatic heterocycles. The highest BCUT2D eigenvalue weighted by atomic mass is 35.5. The van der Waals surface area contributed by atoms with Crippen molar-refractivity contribution in [2.75, 3.05) is 6.54 Å². The fourth-order valence-electron chi connectivity index (χ4n) is 1.88. The third-order valence-electron chi connectivity index (χ3n) is 3.05. The average molecular weight is 324 g/mol. The molecule has 22 heavy (non-hydrogen) atoms. The number of carbonyl (C=O) groups excluding carboxylic acids is 2. The fraction of sp³-hybridized carbons (Fsp3) is 0.375. The van der Waals surface area contributed by atoms with Gasteiger partial charge in [-0.05, 0) is 38.5 Å². The predicted octanol–water partition coefficient (Wildman–Crippen LogP) is 2.69. The number of hydrogen-bond acceptors (Lipinski definition) is 2. The van der Waals surface area contributed by atoms with Crippen molar-refractivity contribution >= 4 is 23.5 Å². The molecule has 1 atom stereocenters. The van der Waals surface area contributed by atoms with Crippen LogP contribution in [0.25, 0.3) is 0 Å². The summed E-state index contributed by atoms with van der Waals surface area (Å²) in [6.07, 6.45) is 1.96. The summed E-state index contributed by atoms with van der Waals surface area (Å²) in [5.74, 6) is -0.189. The zero-order valence-electron chi connectivity index (χ0n) is 13.1. The second-order valence-electron chi connectivity index (χ2n) is 5.36. The van der Waals surface area contributed by atoms with Crippen LogP contribution < -0.4 is 11.1 Å². The van der Waals surface area contributed by atoms with E-state index in [0.717, 1.165) is 11.1 Å². The lowest BCUT2D eigenvalue weighted by Gasteiger charge is -2.25. The molecule has 0 radical (unpaired) electrons. The van der Waals surface area contributed by atoms with E-state index >= 15 is 0 Å². The summed E-state index contributed by atoms with van der Waals surface area (Å²) in [7, 11) is 0. The van der Waals surface area contributed by atoms with Crippen LogP contribution in [0.3, 0.4) is 0 Å². The monoisotopic (exact) mass is 323 g/mol. The van der Waals surface area contributed by atoms with Crippen LogP contribution in [-0.4, -0.2) is 29.4 Å². The van der Waals surface area contributed by atoms with Crippen LogP contribution >= 0.6 is 11.6 Å². The molecule has 0 aliphatic carbocycles. The number of rotatable bonds is 6. The second-order valence-corrected chi connectivity index (χ2v) is 5.79. The van der Waals surface area contributed by atoms with Gasteiger partial charge in [0.15, 0.2) is 0 Å². The molecule has 0 fully saturated rings. The molecule has 0 bridgehead atoms. The van der Waals surface area contributed by atoms with Crippen LogP contribution in [0.4, 0.5) is 4.79 Å². The van der Waals surface area contributed by atoms with E-state index in [1.165, 1.54) is 0 Å². The molecule has 120 valence electrons. The Morgan fingerprint density at radius 2 is 1.91 bits per heavy atom. The first-order valence-electron chi connectivity index (χ1n) is 7.02. The number of halogens is 1. The minimum Gasteiger partial charge on any atom is -0.352 e. The Balaban J connectivity index is 2.87. The quantitative estimate of drug-likeness (QED) is 0.790. The summed E-state index contributed by atoms with van der Waals surface area (Å²) in [5.41, 5.74) is 7.15. The molecule has 0 saturated heterocycles. The van der Waals surface area contributed by atoms with Gasteiger partial charge < -0.3 is 16.0 Å². The number of urea groups is 1. The van der Waals surface area contributed by atoms with Gasteiger partial charge in [0.25, 0.3) is 0 Å². The van der Waals surface area contributed by atoms with Crippen molar-refractivity contribution in [2.24, 2.45) is 5.73 Å². The number of benzene rings is 1. The van der Waals surface area contributed by atoms with Gasteiger partial charge in [0.05, 0.1) is 0 Å². The first-order chi connectivity index (χ1) is 10.3. The SMILES string of the molecule is CC(C)=CCN(Cc1ccc(Cl)cc1)C(=O)[C@H](C)NC(N)=O. The van der Waals surface area contributed by atoms with Crippen molar-refractivity contribution in [3.05, 3.63) is 46.5 Å². The van der Waals surface area contributed by atoms with Crippen LogP contribution in [0.1, 0.15) is 26.3 Å². The van der Waals surface area contributed by atoms with Crippen LogP contribution in [0, 0.1) is 0 Å². The molecule has 1 aromatic carbocycles. The molecule has 3 N–H and O–H groups in total. The van der Waals surface area contributed by atoms with Crippen molar-refractivity contribution < 1.29 is 9.59 Å². The highest BCUT2D eigenvalue weighted by molar-refractivity contribution is 6.30. The number of carbonyl (C=O) groups is 2. The summed E-state index contributed by atoms with van der Waals surface area (Å²) >= 11 is 5.87. The molecule has 0 saturated carbocycles. The minimum absolute atomic E-state index is 0.189. The van der Waals surface area contributed by atoms with E-state index in [1.54, 1.807) is 24.0 Å². The van der Waals surface area contributed by atoms with E-state index in [4.69, 9.17) is 17.3 Å². The van der Waals surface area contributed by atoms with Crippen LogP contribution in [-0.2, 0) is 11.3 Å². The van der Waals surface area contributed by atoms with Gasteiger partial charge in [-0.15, -0.1) is 0 Å². The fourth-order valence-corrected chi connectivity index (χ4v) is 2.01.